The van der Waals surface area contributed by atoms with Crippen LogP contribution in [0.2, 0.25) is 0 Å². The third-order valence-electron chi connectivity index (χ3n) is 2.31. The van der Waals surface area contributed by atoms with E-state index in [9.17, 15) is 17.6 Å². The Morgan fingerprint density at radius 1 is 0.706 bits per heavy atom. The molecule has 2 N–H and O–H groups in total. The van der Waals surface area contributed by atoms with Crippen LogP contribution in [0.1, 0.15) is 0 Å². The van der Waals surface area contributed by atoms with Gasteiger partial charge in [-0.3, -0.25) is 0 Å². The highest BCUT2D eigenvalue weighted by atomic mass is 19.2. The molecule has 0 radical (unpaired) electrons. The monoisotopic (exact) mass is 241 g/mol. The number of rotatable bonds is 1. The Morgan fingerprint density at radius 3 is 1.94 bits per heavy atom. The fourth-order valence-electron chi connectivity index (χ4n) is 1.45. The summed E-state index contributed by atoms with van der Waals surface area (Å²) in [6.45, 7) is 0. The van der Waals surface area contributed by atoms with Crippen LogP contribution in [-0.2, 0) is 0 Å². The molecule has 0 amide bonds. The Bertz CT molecular complexity index is 558. The molecule has 0 saturated carbocycles. The first kappa shape index (κ1) is 11.4. The van der Waals surface area contributed by atoms with Crippen molar-refractivity contribution in [1.82, 2.24) is 0 Å². The van der Waals surface area contributed by atoms with Gasteiger partial charge in [0.15, 0.2) is 23.3 Å². The zero-order valence-corrected chi connectivity index (χ0v) is 8.48. The van der Waals surface area contributed by atoms with Crippen LogP contribution in [0.15, 0.2) is 30.3 Å². The summed E-state index contributed by atoms with van der Waals surface area (Å²) in [5.74, 6) is -4.36. The SMILES string of the molecule is Nc1cc(-c2ccc(F)c(F)c2)cc(F)c1F. The van der Waals surface area contributed by atoms with Crippen LogP contribution in [0.4, 0.5) is 23.2 Å². The lowest BCUT2D eigenvalue weighted by Gasteiger charge is -2.05. The molecule has 0 aliphatic carbocycles. The van der Waals surface area contributed by atoms with Crippen molar-refractivity contribution in [2.75, 3.05) is 5.73 Å². The molecule has 5 heteroatoms. The fraction of sp³-hybridized carbons (Fsp3) is 0. The maximum atomic E-state index is 13.1. The number of benzene rings is 2. The minimum absolute atomic E-state index is 0.181. The number of hydrogen-bond donors (Lipinski definition) is 1. The summed E-state index contributed by atoms with van der Waals surface area (Å²) >= 11 is 0. The van der Waals surface area contributed by atoms with Gasteiger partial charge in [-0.25, -0.2) is 17.6 Å². The number of halogens is 4. The Labute approximate surface area is 94.5 Å². The number of anilines is 1. The predicted molar refractivity (Wildman–Crippen MR) is 56.1 cm³/mol. The van der Waals surface area contributed by atoms with E-state index in [2.05, 4.69) is 0 Å². The van der Waals surface area contributed by atoms with E-state index in [0.29, 0.717) is 0 Å². The van der Waals surface area contributed by atoms with Crippen LogP contribution in [0.25, 0.3) is 11.1 Å². The zero-order valence-electron chi connectivity index (χ0n) is 8.48. The highest BCUT2D eigenvalue weighted by Gasteiger charge is 2.11. The molecule has 0 bridgehead atoms. The minimum Gasteiger partial charge on any atom is -0.396 e. The lowest BCUT2D eigenvalue weighted by Crippen LogP contribution is -1.96. The van der Waals surface area contributed by atoms with Crippen molar-refractivity contribution in [3.63, 3.8) is 0 Å². The third kappa shape index (κ3) is 2.08. The van der Waals surface area contributed by atoms with Gasteiger partial charge in [-0.1, -0.05) is 6.07 Å². The quantitative estimate of drug-likeness (QED) is 0.600. The van der Waals surface area contributed by atoms with Crippen molar-refractivity contribution in [2.45, 2.75) is 0 Å². The molecule has 0 atom stereocenters. The van der Waals surface area contributed by atoms with Crippen molar-refractivity contribution >= 4 is 5.69 Å². The maximum Gasteiger partial charge on any atom is 0.181 e. The summed E-state index contributed by atoms with van der Waals surface area (Å²) in [7, 11) is 0. The second-order valence-electron chi connectivity index (χ2n) is 3.49. The summed E-state index contributed by atoms with van der Waals surface area (Å²) < 4.78 is 51.7. The molecular formula is C12H7F4N. The lowest BCUT2D eigenvalue weighted by molar-refractivity contribution is 0.508. The number of hydrogen-bond acceptors (Lipinski definition) is 1. The lowest BCUT2D eigenvalue weighted by atomic mass is 10.0. The van der Waals surface area contributed by atoms with Crippen LogP contribution in [0.5, 0.6) is 0 Å². The Morgan fingerprint density at radius 2 is 1.35 bits per heavy atom. The van der Waals surface area contributed by atoms with Crippen LogP contribution in [-0.4, -0.2) is 0 Å². The Balaban J connectivity index is 2.57. The van der Waals surface area contributed by atoms with E-state index in [1.165, 1.54) is 6.07 Å². The van der Waals surface area contributed by atoms with E-state index in [-0.39, 0.29) is 16.8 Å². The summed E-state index contributed by atoms with van der Waals surface area (Å²) in [4.78, 5) is 0. The van der Waals surface area contributed by atoms with Gasteiger partial charge in [0.05, 0.1) is 5.69 Å². The van der Waals surface area contributed by atoms with Crippen molar-refractivity contribution < 1.29 is 17.6 Å². The Kier molecular flexibility index (Phi) is 2.75. The van der Waals surface area contributed by atoms with Gasteiger partial charge in [0.2, 0.25) is 0 Å². The molecule has 88 valence electrons. The van der Waals surface area contributed by atoms with E-state index in [0.717, 1.165) is 24.3 Å². The van der Waals surface area contributed by atoms with E-state index in [1.807, 2.05) is 0 Å². The molecule has 0 aliphatic heterocycles. The largest absolute Gasteiger partial charge is 0.396 e. The highest BCUT2D eigenvalue weighted by molar-refractivity contribution is 5.67. The zero-order chi connectivity index (χ0) is 12.6. The van der Waals surface area contributed by atoms with Gasteiger partial charge in [-0.2, -0.15) is 0 Å². The molecular weight excluding hydrogens is 234 g/mol. The van der Waals surface area contributed by atoms with Crippen molar-refractivity contribution in [1.29, 1.82) is 0 Å². The number of nitrogens with two attached hydrogens (primary N) is 1. The molecule has 17 heavy (non-hydrogen) atoms. The van der Waals surface area contributed by atoms with Gasteiger partial charge >= 0.3 is 0 Å². The topological polar surface area (TPSA) is 26.0 Å². The first-order valence-electron chi connectivity index (χ1n) is 4.69. The molecule has 0 aromatic heterocycles. The average Bonchev–Trinajstić information content (AvgIpc) is 2.29. The van der Waals surface area contributed by atoms with Crippen LogP contribution in [0.3, 0.4) is 0 Å². The van der Waals surface area contributed by atoms with Crippen LogP contribution in [0, 0.1) is 23.3 Å². The maximum absolute atomic E-state index is 13.1. The van der Waals surface area contributed by atoms with E-state index >= 15 is 0 Å². The van der Waals surface area contributed by atoms with E-state index < -0.39 is 23.3 Å². The highest BCUT2D eigenvalue weighted by Crippen LogP contribution is 2.26. The van der Waals surface area contributed by atoms with E-state index in [1.54, 1.807) is 0 Å². The molecule has 1 nitrogen and oxygen atoms in total. The summed E-state index contributed by atoms with van der Waals surface area (Å²) in [5, 5.41) is 0. The summed E-state index contributed by atoms with van der Waals surface area (Å²) in [6.07, 6.45) is 0. The van der Waals surface area contributed by atoms with Crippen LogP contribution < -0.4 is 5.73 Å². The van der Waals surface area contributed by atoms with Crippen molar-refractivity contribution in [3.8, 4) is 11.1 Å². The molecule has 0 spiro atoms. The van der Waals surface area contributed by atoms with Gasteiger partial charge in [0.25, 0.3) is 0 Å². The first-order chi connectivity index (χ1) is 7.99. The fourth-order valence-corrected chi connectivity index (χ4v) is 1.45. The molecule has 0 unspecified atom stereocenters. The predicted octanol–water partition coefficient (Wildman–Crippen LogP) is 3.49. The smallest absolute Gasteiger partial charge is 0.181 e. The summed E-state index contributed by atoms with van der Waals surface area (Å²) in [6, 6.07) is 5.08. The molecule has 2 aromatic rings. The van der Waals surface area contributed by atoms with E-state index in [4.69, 9.17) is 5.73 Å². The van der Waals surface area contributed by atoms with Gasteiger partial charge in [0.1, 0.15) is 0 Å². The molecule has 0 saturated heterocycles. The van der Waals surface area contributed by atoms with Gasteiger partial charge in [-0.05, 0) is 35.4 Å². The van der Waals surface area contributed by atoms with Crippen molar-refractivity contribution in [3.05, 3.63) is 53.6 Å². The molecule has 2 rings (SSSR count). The minimum atomic E-state index is -1.16. The molecule has 0 fully saturated rings. The third-order valence-corrected chi connectivity index (χ3v) is 2.31. The second kappa shape index (κ2) is 4.08. The van der Waals surface area contributed by atoms with Crippen molar-refractivity contribution in [2.24, 2.45) is 0 Å². The van der Waals surface area contributed by atoms with Crippen LogP contribution >= 0.6 is 0 Å². The van der Waals surface area contributed by atoms with Gasteiger partial charge in [-0.15, -0.1) is 0 Å². The average molecular weight is 241 g/mol. The standard InChI is InChI=1S/C12H7F4N/c13-8-2-1-6(3-9(8)14)7-4-10(15)12(16)11(17)5-7/h1-5H,17H2. The molecule has 0 aliphatic rings. The molecule has 0 heterocycles. The second-order valence-corrected chi connectivity index (χ2v) is 3.49. The van der Waals surface area contributed by atoms with Gasteiger partial charge in [0, 0.05) is 0 Å². The van der Waals surface area contributed by atoms with Gasteiger partial charge < -0.3 is 5.73 Å². The first-order valence-corrected chi connectivity index (χ1v) is 4.69. The Hall–Kier alpha value is -2.04. The molecule has 2 aromatic carbocycles. The number of nitrogen functional groups attached to an aromatic ring is 1. The summed E-state index contributed by atoms with van der Waals surface area (Å²) in [5.41, 5.74) is 5.26. The normalized spacial score (nSPS) is 10.6.